The van der Waals surface area contributed by atoms with Crippen molar-refractivity contribution < 1.29 is 4.74 Å². The van der Waals surface area contributed by atoms with Gasteiger partial charge in [-0.1, -0.05) is 0 Å². The number of thioether (sulfide) groups is 1. The first-order chi connectivity index (χ1) is 5.95. The Hall–Kier alpha value is 0.270. The van der Waals surface area contributed by atoms with Crippen molar-refractivity contribution in [3.63, 3.8) is 0 Å². The second kappa shape index (κ2) is 6.68. The van der Waals surface area contributed by atoms with Gasteiger partial charge in [0, 0.05) is 18.3 Å². The highest BCUT2D eigenvalue weighted by molar-refractivity contribution is 7.98. The number of nitrogens with one attached hydrogen (secondary N) is 1. The first-order valence-corrected chi connectivity index (χ1v) is 6.21. The van der Waals surface area contributed by atoms with E-state index >= 15 is 0 Å². The largest absolute Gasteiger partial charge is 0.375 e. The molecule has 0 rings (SSSR count). The van der Waals surface area contributed by atoms with Crippen molar-refractivity contribution in [3.8, 4) is 0 Å². The molecule has 0 bridgehead atoms. The first-order valence-electron chi connectivity index (χ1n) is 4.82. The molecule has 0 aliphatic rings. The third-order valence-corrected chi connectivity index (χ3v) is 2.38. The molecule has 1 atom stereocenters. The van der Waals surface area contributed by atoms with E-state index in [9.17, 15) is 0 Å². The van der Waals surface area contributed by atoms with Gasteiger partial charge in [-0.05, 0) is 34.0 Å². The molecule has 80 valence electrons. The summed E-state index contributed by atoms with van der Waals surface area (Å²) >= 11 is 1.87. The molecule has 3 heteroatoms. The summed E-state index contributed by atoms with van der Waals surface area (Å²) in [6.45, 7) is 10.2. The number of hydrogen-bond acceptors (Lipinski definition) is 3. The van der Waals surface area contributed by atoms with Crippen molar-refractivity contribution in [2.75, 3.05) is 25.2 Å². The Bertz CT molecular complexity index is 123. The van der Waals surface area contributed by atoms with Crippen molar-refractivity contribution in [1.29, 1.82) is 0 Å². The number of rotatable bonds is 6. The maximum Gasteiger partial charge on any atom is 0.0599 e. The van der Waals surface area contributed by atoms with Crippen molar-refractivity contribution in [2.24, 2.45) is 0 Å². The Kier molecular flexibility index (Phi) is 6.82. The summed E-state index contributed by atoms with van der Waals surface area (Å²) in [6.07, 6.45) is 2.13. The van der Waals surface area contributed by atoms with Crippen molar-refractivity contribution in [1.82, 2.24) is 5.32 Å². The summed E-state index contributed by atoms with van der Waals surface area (Å²) in [6, 6.07) is 0.582. The van der Waals surface area contributed by atoms with E-state index in [1.54, 1.807) is 0 Å². The van der Waals surface area contributed by atoms with Crippen LogP contribution in [0.4, 0.5) is 0 Å². The molecule has 0 aromatic carbocycles. The van der Waals surface area contributed by atoms with Gasteiger partial charge in [-0.2, -0.15) is 11.8 Å². The molecule has 0 heterocycles. The molecular weight excluding hydrogens is 182 g/mol. The lowest BCUT2D eigenvalue weighted by molar-refractivity contribution is -0.00130. The van der Waals surface area contributed by atoms with Crippen molar-refractivity contribution >= 4 is 11.8 Å². The van der Waals surface area contributed by atoms with Gasteiger partial charge >= 0.3 is 0 Å². The smallest absolute Gasteiger partial charge is 0.0599 e. The molecule has 0 amide bonds. The third-order valence-electron chi connectivity index (χ3n) is 1.55. The van der Waals surface area contributed by atoms with Gasteiger partial charge < -0.3 is 10.1 Å². The Morgan fingerprint density at radius 1 is 1.38 bits per heavy atom. The standard InChI is InChI=1S/C10H23NOS/c1-9(8-13-5)11-6-7-12-10(2,3)4/h9,11H,6-8H2,1-5H3. The van der Waals surface area contributed by atoms with Crippen LogP contribution in [0, 0.1) is 0 Å². The Morgan fingerprint density at radius 3 is 2.46 bits per heavy atom. The molecule has 0 spiro atoms. The van der Waals surface area contributed by atoms with Gasteiger partial charge in [-0.25, -0.2) is 0 Å². The van der Waals surface area contributed by atoms with Gasteiger partial charge in [0.25, 0.3) is 0 Å². The van der Waals surface area contributed by atoms with Crippen LogP contribution in [0.1, 0.15) is 27.7 Å². The molecule has 13 heavy (non-hydrogen) atoms. The van der Waals surface area contributed by atoms with Crippen LogP contribution >= 0.6 is 11.8 Å². The molecule has 0 radical (unpaired) electrons. The normalized spacial score (nSPS) is 14.5. The highest BCUT2D eigenvalue weighted by Crippen LogP contribution is 2.05. The summed E-state index contributed by atoms with van der Waals surface area (Å²) in [5.41, 5.74) is -0.00950. The lowest BCUT2D eigenvalue weighted by Gasteiger charge is -2.20. The van der Waals surface area contributed by atoms with E-state index < -0.39 is 0 Å². The van der Waals surface area contributed by atoms with E-state index in [1.807, 2.05) is 11.8 Å². The minimum atomic E-state index is -0.00950. The predicted molar refractivity (Wildman–Crippen MR) is 61.6 cm³/mol. The van der Waals surface area contributed by atoms with Crippen LogP contribution in [-0.2, 0) is 4.74 Å². The Morgan fingerprint density at radius 2 is 2.00 bits per heavy atom. The third kappa shape index (κ3) is 10.2. The van der Waals surface area contributed by atoms with Gasteiger partial charge in [0.15, 0.2) is 0 Å². The zero-order valence-corrected chi connectivity index (χ0v) is 10.3. The van der Waals surface area contributed by atoms with Crippen molar-refractivity contribution in [2.45, 2.75) is 39.3 Å². The molecule has 0 aromatic rings. The Labute approximate surface area is 86.8 Å². The molecule has 0 aromatic heterocycles. The van der Waals surface area contributed by atoms with E-state index in [0.29, 0.717) is 6.04 Å². The van der Waals surface area contributed by atoms with Crippen LogP contribution in [-0.4, -0.2) is 36.8 Å². The zero-order chi connectivity index (χ0) is 10.3. The highest BCUT2D eigenvalue weighted by Gasteiger charge is 2.09. The number of hydrogen-bond donors (Lipinski definition) is 1. The Balaban J connectivity index is 3.25. The number of ether oxygens (including phenoxy) is 1. The summed E-state index contributed by atoms with van der Waals surface area (Å²) in [5.74, 6) is 1.16. The SMILES string of the molecule is CSCC(C)NCCOC(C)(C)C. The molecule has 0 saturated carbocycles. The molecular formula is C10H23NOS. The average Bonchev–Trinajstić information content (AvgIpc) is 1.97. The fourth-order valence-electron chi connectivity index (χ4n) is 0.971. The fourth-order valence-corrected chi connectivity index (χ4v) is 1.59. The van der Waals surface area contributed by atoms with Crippen LogP contribution in [0.15, 0.2) is 0 Å². The summed E-state index contributed by atoms with van der Waals surface area (Å²) < 4.78 is 5.59. The van der Waals surface area contributed by atoms with E-state index in [2.05, 4.69) is 39.3 Å². The van der Waals surface area contributed by atoms with Crippen molar-refractivity contribution in [3.05, 3.63) is 0 Å². The minimum absolute atomic E-state index is 0.00950. The fraction of sp³-hybridized carbons (Fsp3) is 1.00. The molecule has 0 aliphatic heterocycles. The van der Waals surface area contributed by atoms with Gasteiger partial charge in [0.05, 0.1) is 12.2 Å². The average molecular weight is 205 g/mol. The first kappa shape index (κ1) is 13.3. The van der Waals surface area contributed by atoms with Crippen LogP contribution in [0.3, 0.4) is 0 Å². The van der Waals surface area contributed by atoms with Crippen LogP contribution in [0.5, 0.6) is 0 Å². The lowest BCUT2D eigenvalue weighted by Crippen LogP contribution is -2.33. The topological polar surface area (TPSA) is 21.3 Å². The van der Waals surface area contributed by atoms with E-state index in [4.69, 9.17) is 4.74 Å². The maximum atomic E-state index is 5.59. The molecule has 1 unspecified atom stereocenters. The molecule has 2 nitrogen and oxygen atoms in total. The van der Waals surface area contributed by atoms with Crippen LogP contribution < -0.4 is 5.32 Å². The second-order valence-corrected chi connectivity index (χ2v) is 5.18. The van der Waals surface area contributed by atoms with E-state index in [0.717, 1.165) is 18.9 Å². The van der Waals surface area contributed by atoms with E-state index in [-0.39, 0.29) is 5.60 Å². The molecule has 1 N–H and O–H groups in total. The quantitative estimate of drug-likeness (QED) is 0.671. The zero-order valence-electron chi connectivity index (χ0n) is 9.52. The van der Waals surface area contributed by atoms with Gasteiger partial charge in [0.2, 0.25) is 0 Å². The highest BCUT2D eigenvalue weighted by atomic mass is 32.2. The van der Waals surface area contributed by atoms with Gasteiger partial charge in [-0.15, -0.1) is 0 Å². The van der Waals surface area contributed by atoms with Gasteiger partial charge in [-0.3, -0.25) is 0 Å². The molecule has 0 aliphatic carbocycles. The molecule has 0 saturated heterocycles. The minimum Gasteiger partial charge on any atom is -0.375 e. The predicted octanol–water partition coefficient (Wildman–Crippen LogP) is 2.14. The van der Waals surface area contributed by atoms with Crippen LogP contribution in [0.25, 0.3) is 0 Å². The van der Waals surface area contributed by atoms with Gasteiger partial charge in [0.1, 0.15) is 0 Å². The summed E-state index contributed by atoms with van der Waals surface area (Å²) in [5, 5.41) is 3.41. The monoisotopic (exact) mass is 205 g/mol. The van der Waals surface area contributed by atoms with E-state index in [1.165, 1.54) is 0 Å². The summed E-state index contributed by atoms with van der Waals surface area (Å²) in [4.78, 5) is 0. The lowest BCUT2D eigenvalue weighted by atomic mass is 10.2. The maximum absolute atomic E-state index is 5.59. The van der Waals surface area contributed by atoms with Crippen LogP contribution in [0.2, 0.25) is 0 Å². The summed E-state index contributed by atoms with van der Waals surface area (Å²) in [7, 11) is 0. The molecule has 0 fully saturated rings. The second-order valence-electron chi connectivity index (χ2n) is 4.27.